The van der Waals surface area contributed by atoms with Gasteiger partial charge in [-0.1, -0.05) is 44.2 Å². The zero-order chi connectivity index (χ0) is 17.6. The maximum Gasteiger partial charge on any atom is 0.226 e. The van der Waals surface area contributed by atoms with Crippen LogP contribution in [0.15, 0.2) is 53.1 Å². The predicted octanol–water partition coefficient (Wildman–Crippen LogP) is 3.75. The van der Waals surface area contributed by atoms with E-state index in [2.05, 4.69) is 30.9 Å². The van der Waals surface area contributed by atoms with Crippen molar-refractivity contribution in [1.29, 1.82) is 0 Å². The van der Waals surface area contributed by atoms with E-state index < -0.39 is 0 Å². The number of hydrogen-bond acceptors (Lipinski definition) is 3. The van der Waals surface area contributed by atoms with E-state index in [9.17, 15) is 4.79 Å². The van der Waals surface area contributed by atoms with Crippen molar-refractivity contribution in [3.63, 3.8) is 0 Å². The molecule has 0 radical (unpaired) electrons. The third kappa shape index (κ3) is 4.51. The van der Waals surface area contributed by atoms with Gasteiger partial charge in [0.25, 0.3) is 0 Å². The average Bonchev–Trinajstić information content (AvgIpc) is 3.26. The van der Waals surface area contributed by atoms with Gasteiger partial charge in [0.05, 0.1) is 6.26 Å². The minimum atomic E-state index is 0.0755. The van der Waals surface area contributed by atoms with Crippen molar-refractivity contribution in [3.05, 3.63) is 60.1 Å². The number of carbonyl (C=O) groups excluding carboxylic acids is 1. The summed E-state index contributed by atoms with van der Waals surface area (Å²) in [5.74, 6) is 1.54. The van der Waals surface area contributed by atoms with E-state index in [0.717, 1.165) is 38.4 Å². The number of rotatable bonds is 9. The summed E-state index contributed by atoms with van der Waals surface area (Å²) in [6.45, 7) is 8.74. The normalized spacial score (nSPS) is 19.2. The minimum Gasteiger partial charge on any atom is -0.469 e. The Kier molecular flexibility index (Phi) is 5.92. The molecule has 1 aromatic heterocycles. The van der Waals surface area contributed by atoms with Gasteiger partial charge in [-0.3, -0.25) is 4.79 Å². The molecule has 4 heteroatoms. The van der Waals surface area contributed by atoms with Crippen molar-refractivity contribution >= 4 is 5.91 Å². The Bertz CT molecular complexity index is 650. The lowest BCUT2D eigenvalue weighted by molar-refractivity contribution is -0.133. The Balaban J connectivity index is 1.66. The summed E-state index contributed by atoms with van der Waals surface area (Å²) in [6.07, 6.45) is 2.60. The van der Waals surface area contributed by atoms with Crippen LogP contribution in [0.5, 0.6) is 0 Å². The summed E-state index contributed by atoms with van der Waals surface area (Å²) in [6, 6.07) is 14.1. The average molecular weight is 340 g/mol. The molecule has 1 aliphatic carbocycles. The molecule has 0 unspecified atom stereocenters. The molecule has 3 rings (SSSR count). The van der Waals surface area contributed by atoms with Gasteiger partial charge in [-0.25, -0.2) is 0 Å². The molecule has 1 saturated carbocycles. The second-order valence-electron chi connectivity index (χ2n) is 6.74. The van der Waals surface area contributed by atoms with Crippen molar-refractivity contribution in [2.24, 2.45) is 5.92 Å². The first-order chi connectivity index (χ1) is 12.2. The first-order valence-electron chi connectivity index (χ1n) is 9.31. The number of carbonyl (C=O) groups is 1. The van der Waals surface area contributed by atoms with Crippen molar-refractivity contribution in [1.82, 2.24) is 9.80 Å². The van der Waals surface area contributed by atoms with Gasteiger partial charge in [-0.15, -0.1) is 0 Å². The smallest absolute Gasteiger partial charge is 0.226 e. The van der Waals surface area contributed by atoms with Crippen LogP contribution in [0.25, 0.3) is 0 Å². The predicted molar refractivity (Wildman–Crippen MR) is 99.2 cm³/mol. The molecule has 0 bridgehead atoms. The van der Waals surface area contributed by atoms with E-state index >= 15 is 0 Å². The molecule has 134 valence electrons. The molecule has 0 saturated heterocycles. The quantitative estimate of drug-likeness (QED) is 0.697. The molecule has 0 aliphatic heterocycles. The number of amides is 1. The lowest BCUT2D eigenvalue weighted by Crippen LogP contribution is -2.39. The fourth-order valence-corrected chi connectivity index (χ4v) is 3.39. The zero-order valence-corrected chi connectivity index (χ0v) is 15.2. The van der Waals surface area contributed by atoms with Gasteiger partial charge in [0.15, 0.2) is 0 Å². The molecule has 1 amide bonds. The molecule has 1 heterocycles. The van der Waals surface area contributed by atoms with E-state index in [0.29, 0.717) is 6.54 Å². The molecular weight excluding hydrogens is 312 g/mol. The van der Waals surface area contributed by atoms with Crippen molar-refractivity contribution in [2.75, 3.05) is 26.2 Å². The Labute approximate surface area is 150 Å². The summed E-state index contributed by atoms with van der Waals surface area (Å²) >= 11 is 0. The van der Waals surface area contributed by atoms with Crippen molar-refractivity contribution in [2.45, 2.75) is 32.7 Å². The third-order valence-electron chi connectivity index (χ3n) is 5.12. The number of hydrogen-bond donors (Lipinski definition) is 0. The second kappa shape index (κ2) is 8.34. The van der Waals surface area contributed by atoms with Crippen LogP contribution in [-0.4, -0.2) is 41.9 Å². The maximum atomic E-state index is 13.1. The van der Waals surface area contributed by atoms with E-state index in [1.54, 1.807) is 6.26 Å². The molecule has 4 nitrogen and oxygen atoms in total. The monoisotopic (exact) mass is 340 g/mol. The molecule has 1 aromatic carbocycles. The van der Waals surface area contributed by atoms with E-state index in [4.69, 9.17) is 4.42 Å². The Hall–Kier alpha value is -2.07. The topological polar surface area (TPSA) is 36.7 Å². The number of likely N-dealkylation sites (N-methyl/N-ethyl adjacent to an activating group) is 1. The van der Waals surface area contributed by atoms with Crippen LogP contribution in [-0.2, 0) is 11.3 Å². The molecule has 1 fully saturated rings. The molecule has 1 aliphatic rings. The number of benzene rings is 1. The van der Waals surface area contributed by atoms with E-state index in [1.165, 1.54) is 5.56 Å². The highest BCUT2D eigenvalue weighted by molar-refractivity contribution is 5.82. The van der Waals surface area contributed by atoms with Gasteiger partial charge in [0.2, 0.25) is 5.91 Å². The van der Waals surface area contributed by atoms with Gasteiger partial charge >= 0.3 is 0 Å². The molecule has 2 aromatic rings. The van der Waals surface area contributed by atoms with Crippen LogP contribution in [0.1, 0.15) is 37.5 Å². The Morgan fingerprint density at radius 1 is 1.08 bits per heavy atom. The van der Waals surface area contributed by atoms with E-state index in [-0.39, 0.29) is 17.7 Å². The largest absolute Gasteiger partial charge is 0.469 e. The first kappa shape index (κ1) is 17.7. The molecule has 0 spiro atoms. The van der Waals surface area contributed by atoms with Crippen LogP contribution in [0.2, 0.25) is 0 Å². The zero-order valence-electron chi connectivity index (χ0n) is 15.2. The van der Waals surface area contributed by atoms with Crippen molar-refractivity contribution in [3.8, 4) is 0 Å². The maximum absolute atomic E-state index is 13.1. The summed E-state index contributed by atoms with van der Waals surface area (Å²) in [7, 11) is 0. The lowest BCUT2D eigenvalue weighted by atomic mass is 10.2. The van der Waals surface area contributed by atoms with Gasteiger partial charge in [0, 0.05) is 31.5 Å². The van der Waals surface area contributed by atoms with Gasteiger partial charge in [-0.05, 0) is 37.2 Å². The van der Waals surface area contributed by atoms with Gasteiger partial charge in [-0.2, -0.15) is 0 Å². The van der Waals surface area contributed by atoms with Gasteiger partial charge in [0.1, 0.15) is 5.76 Å². The molecular formula is C21H28N2O2. The molecule has 0 N–H and O–H groups in total. The standard InChI is InChI=1S/C21H28N2O2/c1-3-22(4-2)12-13-23(16-17-9-6-5-7-10-17)21(24)19-15-18(19)20-11-8-14-25-20/h5-11,14,18-19H,3-4,12-13,15-16H2,1-2H3/t18-,19+/m1/s1. The number of furan rings is 1. The summed E-state index contributed by atoms with van der Waals surface area (Å²) < 4.78 is 5.49. The van der Waals surface area contributed by atoms with E-state index in [1.807, 2.05) is 35.2 Å². The fourth-order valence-electron chi connectivity index (χ4n) is 3.39. The Morgan fingerprint density at radius 2 is 1.84 bits per heavy atom. The SMILES string of the molecule is CCN(CC)CCN(Cc1ccccc1)C(=O)[C@H]1C[C@H]1c1ccco1. The van der Waals surface area contributed by atoms with Crippen molar-refractivity contribution < 1.29 is 9.21 Å². The first-order valence-corrected chi connectivity index (χ1v) is 9.31. The van der Waals surface area contributed by atoms with Crippen LogP contribution in [0, 0.1) is 5.92 Å². The molecule has 2 atom stereocenters. The minimum absolute atomic E-state index is 0.0755. The Morgan fingerprint density at radius 3 is 2.48 bits per heavy atom. The van der Waals surface area contributed by atoms with Crippen LogP contribution < -0.4 is 0 Å². The van der Waals surface area contributed by atoms with Crippen LogP contribution in [0.3, 0.4) is 0 Å². The van der Waals surface area contributed by atoms with Gasteiger partial charge < -0.3 is 14.2 Å². The summed E-state index contributed by atoms with van der Waals surface area (Å²) in [5, 5.41) is 0. The third-order valence-corrected chi connectivity index (χ3v) is 5.12. The lowest BCUT2D eigenvalue weighted by Gasteiger charge is -2.27. The summed E-state index contributed by atoms with van der Waals surface area (Å²) in [4.78, 5) is 17.5. The highest BCUT2D eigenvalue weighted by Crippen LogP contribution is 2.48. The van der Waals surface area contributed by atoms with Crippen LogP contribution >= 0.6 is 0 Å². The fraction of sp³-hybridized carbons (Fsp3) is 0.476. The molecule has 25 heavy (non-hydrogen) atoms. The number of nitrogens with zero attached hydrogens (tertiary/aromatic N) is 2. The highest BCUT2D eigenvalue weighted by Gasteiger charge is 2.47. The van der Waals surface area contributed by atoms with Crippen LogP contribution in [0.4, 0.5) is 0 Å². The highest BCUT2D eigenvalue weighted by atomic mass is 16.3. The second-order valence-corrected chi connectivity index (χ2v) is 6.74. The summed E-state index contributed by atoms with van der Waals surface area (Å²) in [5.41, 5.74) is 1.19.